The first-order chi connectivity index (χ1) is 9.95. The second-order valence-electron chi connectivity index (χ2n) is 5.36. The Bertz CT molecular complexity index is 759. The fourth-order valence-corrected chi connectivity index (χ4v) is 4.36. The van der Waals surface area contributed by atoms with Crippen molar-refractivity contribution >= 4 is 15.5 Å². The highest BCUT2D eigenvalue weighted by atomic mass is 32.2. The first-order valence-electron chi connectivity index (χ1n) is 6.79. The van der Waals surface area contributed by atoms with Crippen LogP contribution in [0.2, 0.25) is 0 Å². The number of anilines is 1. The molecular weight excluding hydrogens is 286 g/mol. The van der Waals surface area contributed by atoms with Gasteiger partial charge in [0.05, 0.1) is 10.6 Å². The fraction of sp³-hybridized carbons (Fsp3) is 0.250. The van der Waals surface area contributed by atoms with Crippen LogP contribution in [0.3, 0.4) is 0 Å². The number of ether oxygens (including phenoxy) is 1. The maximum absolute atomic E-state index is 12.6. The van der Waals surface area contributed by atoms with E-state index in [1.165, 1.54) is 6.07 Å². The lowest BCUT2D eigenvalue weighted by molar-refractivity contribution is 0.256. The lowest BCUT2D eigenvalue weighted by Gasteiger charge is -2.13. The number of para-hydroxylation sites is 1. The molecule has 1 aliphatic heterocycles. The number of nitrogen functional groups attached to an aromatic ring is 1. The Balaban J connectivity index is 1.84. The van der Waals surface area contributed by atoms with Gasteiger partial charge in [-0.1, -0.05) is 24.3 Å². The van der Waals surface area contributed by atoms with Crippen molar-refractivity contribution in [2.75, 3.05) is 11.5 Å². The minimum Gasteiger partial charge on any atom is -0.489 e. The molecule has 2 aromatic carbocycles. The lowest BCUT2D eigenvalue weighted by Crippen LogP contribution is -2.25. The van der Waals surface area contributed by atoms with Crippen LogP contribution in [-0.4, -0.2) is 20.3 Å². The van der Waals surface area contributed by atoms with Crippen molar-refractivity contribution < 1.29 is 13.2 Å². The van der Waals surface area contributed by atoms with E-state index in [9.17, 15) is 8.42 Å². The van der Waals surface area contributed by atoms with Crippen molar-refractivity contribution in [2.24, 2.45) is 0 Å². The number of sulfone groups is 1. The van der Waals surface area contributed by atoms with E-state index in [1.54, 1.807) is 19.1 Å². The third-order valence-corrected chi connectivity index (χ3v) is 5.59. The summed E-state index contributed by atoms with van der Waals surface area (Å²) in [5.74, 6) is 0.744. The SMILES string of the molecule is Cc1ccc(N)cc1S(=O)(=O)CC1Cc2ccccc2O1. The van der Waals surface area contributed by atoms with Gasteiger partial charge >= 0.3 is 0 Å². The summed E-state index contributed by atoms with van der Waals surface area (Å²) in [6, 6.07) is 12.6. The summed E-state index contributed by atoms with van der Waals surface area (Å²) in [6.45, 7) is 1.77. The Morgan fingerprint density at radius 3 is 2.76 bits per heavy atom. The number of rotatable bonds is 3. The van der Waals surface area contributed by atoms with E-state index in [-0.39, 0.29) is 11.9 Å². The average molecular weight is 303 g/mol. The molecule has 21 heavy (non-hydrogen) atoms. The summed E-state index contributed by atoms with van der Waals surface area (Å²) in [6.07, 6.45) is 0.282. The van der Waals surface area contributed by atoms with Crippen LogP contribution < -0.4 is 10.5 Å². The Morgan fingerprint density at radius 1 is 1.24 bits per heavy atom. The molecule has 2 N–H and O–H groups in total. The van der Waals surface area contributed by atoms with Crippen molar-refractivity contribution in [1.82, 2.24) is 0 Å². The first-order valence-corrected chi connectivity index (χ1v) is 8.44. The van der Waals surface area contributed by atoms with Gasteiger partial charge in [-0.25, -0.2) is 8.42 Å². The van der Waals surface area contributed by atoms with Gasteiger partial charge in [0.1, 0.15) is 11.9 Å². The van der Waals surface area contributed by atoms with Gasteiger partial charge in [0, 0.05) is 12.1 Å². The van der Waals surface area contributed by atoms with Crippen molar-refractivity contribution in [2.45, 2.75) is 24.3 Å². The maximum Gasteiger partial charge on any atom is 0.182 e. The molecule has 0 spiro atoms. The summed E-state index contributed by atoms with van der Waals surface area (Å²) in [5.41, 5.74) is 7.92. The van der Waals surface area contributed by atoms with Crippen LogP contribution in [0.25, 0.3) is 0 Å². The molecule has 4 nitrogen and oxygen atoms in total. The normalized spacial score (nSPS) is 17.3. The minimum absolute atomic E-state index is 0.0357. The third kappa shape index (κ3) is 2.74. The maximum atomic E-state index is 12.6. The summed E-state index contributed by atoms with van der Waals surface area (Å²) in [7, 11) is -3.42. The van der Waals surface area contributed by atoms with Crippen molar-refractivity contribution in [3.8, 4) is 5.75 Å². The summed E-state index contributed by atoms with van der Waals surface area (Å²) < 4.78 is 30.9. The molecule has 0 saturated carbocycles. The number of benzene rings is 2. The molecule has 0 aromatic heterocycles. The quantitative estimate of drug-likeness (QED) is 0.884. The molecule has 0 saturated heterocycles. The molecule has 0 bridgehead atoms. The average Bonchev–Trinajstić information content (AvgIpc) is 2.82. The van der Waals surface area contributed by atoms with Crippen molar-refractivity contribution in [1.29, 1.82) is 0 Å². The zero-order valence-corrected chi connectivity index (χ0v) is 12.6. The second kappa shape index (κ2) is 5.07. The molecule has 0 fully saturated rings. The van der Waals surface area contributed by atoms with Gasteiger partial charge in [-0.2, -0.15) is 0 Å². The van der Waals surface area contributed by atoms with Crippen LogP contribution in [-0.2, 0) is 16.3 Å². The van der Waals surface area contributed by atoms with Crippen LogP contribution in [0, 0.1) is 6.92 Å². The Kier molecular flexibility index (Phi) is 3.37. The van der Waals surface area contributed by atoms with E-state index in [0.717, 1.165) is 11.3 Å². The molecule has 110 valence electrons. The molecule has 2 aromatic rings. The fourth-order valence-electron chi connectivity index (χ4n) is 2.63. The molecule has 1 atom stereocenters. The Labute approximate surface area is 124 Å². The van der Waals surface area contributed by atoms with Gasteiger partial charge in [0.2, 0.25) is 0 Å². The zero-order chi connectivity index (χ0) is 15.0. The highest BCUT2D eigenvalue weighted by Gasteiger charge is 2.29. The standard InChI is InChI=1S/C16H17NO3S/c1-11-6-7-13(17)9-16(11)21(18,19)10-14-8-12-4-2-3-5-15(12)20-14/h2-7,9,14H,8,10,17H2,1H3. The topological polar surface area (TPSA) is 69.4 Å². The lowest BCUT2D eigenvalue weighted by atomic mass is 10.1. The smallest absolute Gasteiger partial charge is 0.182 e. The van der Waals surface area contributed by atoms with Crippen molar-refractivity contribution in [3.05, 3.63) is 53.6 Å². The molecule has 1 unspecified atom stereocenters. The second-order valence-corrected chi connectivity index (χ2v) is 7.36. The van der Waals surface area contributed by atoms with Crippen molar-refractivity contribution in [3.63, 3.8) is 0 Å². The van der Waals surface area contributed by atoms with E-state index in [2.05, 4.69) is 0 Å². The van der Waals surface area contributed by atoms with Crippen LogP contribution >= 0.6 is 0 Å². The number of nitrogens with two attached hydrogens (primary N) is 1. The molecular formula is C16H17NO3S. The molecule has 3 rings (SSSR count). The van der Waals surface area contributed by atoms with Gasteiger partial charge in [-0.15, -0.1) is 0 Å². The van der Waals surface area contributed by atoms with Gasteiger partial charge in [-0.05, 0) is 36.2 Å². The summed E-state index contributed by atoms with van der Waals surface area (Å²) in [4.78, 5) is 0.294. The van der Waals surface area contributed by atoms with Crippen LogP contribution in [0.5, 0.6) is 5.75 Å². The molecule has 0 aliphatic carbocycles. The zero-order valence-electron chi connectivity index (χ0n) is 11.7. The van der Waals surface area contributed by atoms with E-state index in [1.807, 2.05) is 24.3 Å². The Morgan fingerprint density at radius 2 is 2.00 bits per heavy atom. The van der Waals surface area contributed by atoms with Gasteiger partial charge in [0.15, 0.2) is 9.84 Å². The molecule has 5 heteroatoms. The summed E-state index contributed by atoms with van der Waals surface area (Å²) in [5, 5.41) is 0. The summed E-state index contributed by atoms with van der Waals surface area (Å²) >= 11 is 0. The molecule has 1 heterocycles. The number of hydrogen-bond donors (Lipinski definition) is 1. The monoisotopic (exact) mass is 303 g/mol. The van der Waals surface area contributed by atoms with Gasteiger partial charge in [-0.3, -0.25) is 0 Å². The number of hydrogen-bond acceptors (Lipinski definition) is 4. The number of aryl methyl sites for hydroxylation is 1. The number of fused-ring (bicyclic) bond motifs is 1. The van der Waals surface area contributed by atoms with E-state index < -0.39 is 9.84 Å². The minimum atomic E-state index is -3.42. The van der Waals surface area contributed by atoms with E-state index >= 15 is 0 Å². The predicted octanol–water partition coefficient (Wildman–Crippen LogP) is 2.35. The Hall–Kier alpha value is -2.01. The van der Waals surface area contributed by atoms with E-state index in [4.69, 9.17) is 10.5 Å². The highest BCUT2D eigenvalue weighted by molar-refractivity contribution is 7.91. The first kappa shape index (κ1) is 13.9. The molecule has 0 amide bonds. The molecule has 0 radical (unpaired) electrons. The van der Waals surface area contributed by atoms with E-state index in [0.29, 0.717) is 22.6 Å². The van der Waals surface area contributed by atoms with Crippen LogP contribution in [0.4, 0.5) is 5.69 Å². The van der Waals surface area contributed by atoms with Crippen LogP contribution in [0.1, 0.15) is 11.1 Å². The van der Waals surface area contributed by atoms with Gasteiger partial charge in [0.25, 0.3) is 0 Å². The van der Waals surface area contributed by atoms with Gasteiger partial charge < -0.3 is 10.5 Å². The highest BCUT2D eigenvalue weighted by Crippen LogP contribution is 2.30. The predicted molar refractivity (Wildman–Crippen MR) is 82.2 cm³/mol. The largest absolute Gasteiger partial charge is 0.489 e. The molecule has 1 aliphatic rings. The third-order valence-electron chi connectivity index (χ3n) is 3.67. The van der Waals surface area contributed by atoms with Crippen LogP contribution in [0.15, 0.2) is 47.4 Å².